The van der Waals surface area contributed by atoms with E-state index < -0.39 is 12.2 Å². The normalized spacial score (nSPS) is 44.0. The van der Waals surface area contributed by atoms with Crippen molar-refractivity contribution in [3.63, 3.8) is 0 Å². The molecule has 4 nitrogen and oxygen atoms in total. The Kier molecular flexibility index (Phi) is 3.46. The minimum Gasteiger partial charge on any atom is -0.394 e. The van der Waals surface area contributed by atoms with E-state index >= 15 is 0 Å². The standard InChI is InChI=1S/C8H16O4/c1-5-7(11)2-6(10)4-12-8(5)3-9/h5-11H,2-4H2,1H3/t5-,6?,7?,8?/m0/s1. The Morgan fingerprint density at radius 2 is 2.08 bits per heavy atom. The monoisotopic (exact) mass is 176 g/mol. The third kappa shape index (κ3) is 2.17. The van der Waals surface area contributed by atoms with Crippen LogP contribution >= 0.6 is 0 Å². The lowest BCUT2D eigenvalue weighted by Crippen LogP contribution is -2.31. The lowest BCUT2D eigenvalue weighted by atomic mass is 9.96. The molecule has 0 aromatic heterocycles. The molecule has 0 aromatic rings. The molecule has 1 aliphatic heterocycles. The van der Waals surface area contributed by atoms with Crippen LogP contribution in [0.3, 0.4) is 0 Å². The summed E-state index contributed by atoms with van der Waals surface area (Å²) in [4.78, 5) is 0. The van der Waals surface area contributed by atoms with Crippen LogP contribution in [-0.2, 0) is 4.74 Å². The Morgan fingerprint density at radius 1 is 1.42 bits per heavy atom. The maximum absolute atomic E-state index is 9.48. The van der Waals surface area contributed by atoms with Gasteiger partial charge in [0.1, 0.15) is 0 Å². The van der Waals surface area contributed by atoms with E-state index in [-0.39, 0.29) is 25.2 Å². The molecular formula is C8H16O4. The highest BCUT2D eigenvalue weighted by molar-refractivity contribution is 4.79. The van der Waals surface area contributed by atoms with Crippen molar-refractivity contribution in [1.82, 2.24) is 0 Å². The van der Waals surface area contributed by atoms with Crippen molar-refractivity contribution in [2.75, 3.05) is 13.2 Å². The van der Waals surface area contributed by atoms with Gasteiger partial charge in [0, 0.05) is 12.3 Å². The summed E-state index contributed by atoms with van der Waals surface area (Å²) in [6.45, 7) is 1.90. The van der Waals surface area contributed by atoms with Crippen LogP contribution in [0.4, 0.5) is 0 Å². The van der Waals surface area contributed by atoms with E-state index in [0.29, 0.717) is 6.42 Å². The van der Waals surface area contributed by atoms with Crippen LogP contribution in [-0.4, -0.2) is 46.8 Å². The smallest absolute Gasteiger partial charge is 0.0857 e. The van der Waals surface area contributed by atoms with Crippen LogP contribution in [0.15, 0.2) is 0 Å². The molecule has 1 rings (SSSR count). The molecule has 0 spiro atoms. The summed E-state index contributed by atoms with van der Waals surface area (Å²) in [6, 6.07) is 0. The second-order valence-electron chi connectivity index (χ2n) is 3.37. The largest absolute Gasteiger partial charge is 0.394 e. The molecule has 1 heterocycles. The van der Waals surface area contributed by atoms with E-state index in [1.807, 2.05) is 6.92 Å². The van der Waals surface area contributed by atoms with Gasteiger partial charge in [-0.1, -0.05) is 6.92 Å². The minimum atomic E-state index is -0.612. The van der Waals surface area contributed by atoms with Crippen LogP contribution in [0.25, 0.3) is 0 Å². The van der Waals surface area contributed by atoms with Gasteiger partial charge in [0.05, 0.1) is 31.5 Å². The molecule has 3 unspecified atom stereocenters. The summed E-state index contributed by atoms with van der Waals surface area (Å²) in [5.41, 5.74) is 0. The maximum Gasteiger partial charge on any atom is 0.0857 e. The Balaban J connectivity index is 2.56. The molecule has 72 valence electrons. The van der Waals surface area contributed by atoms with E-state index in [9.17, 15) is 10.2 Å². The molecule has 1 fully saturated rings. The lowest BCUT2D eigenvalue weighted by Gasteiger charge is -2.22. The topological polar surface area (TPSA) is 69.9 Å². The first-order valence-corrected chi connectivity index (χ1v) is 4.23. The number of rotatable bonds is 1. The fourth-order valence-corrected chi connectivity index (χ4v) is 1.41. The lowest BCUT2D eigenvalue weighted by molar-refractivity contribution is -0.0441. The molecule has 12 heavy (non-hydrogen) atoms. The van der Waals surface area contributed by atoms with Crippen molar-refractivity contribution in [1.29, 1.82) is 0 Å². The second-order valence-corrected chi connectivity index (χ2v) is 3.37. The van der Waals surface area contributed by atoms with Gasteiger partial charge in [0.2, 0.25) is 0 Å². The molecule has 4 heteroatoms. The average Bonchev–Trinajstić information content (AvgIpc) is 2.14. The number of ether oxygens (including phenoxy) is 1. The zero-order valence-corrected chi connectivity index (χ0v) is 7.18. The molecule has 0 aliphatic carbocycles. The average molecular weight is 176 g/mol. The van der Waals surface area contributed by atoms with Crippen molar-refractivity contribution in [3.05, 3.63) is 0 Å². The summed E-state index contributed by atoms with van der Waals surface area (Å²) in [6.07, 6.45) is -1.21. The quantitative estimate of drug-likeness (QED) is 0.485. The summed E-state index contributed by atoms with van der Waals surface area (Å²) in [7, 11) is 0. The molecule has 3 N–H and O–H groups in total. The molecule has 0 amide bonds. The highest BCUT2D eigenvalue weighted by atomic mass is 16.5. The number of aliphatic hydroxyl groups excluding tert-OH is 3. The maximum atomic E-state index is 9.48. The van der Waals surface area contributed by atoms with Crippen LogP contribution in [0.2, 0.25) is 0 Å². The number of aliphatic hydroxyl groups is 3. The van der Waals surface area contributed by atoms with Gasteiger partial charge in [-0.2, -0.15) is 0 Å². The molecule has 0 saturated carbocycles. The van der Waals surface area contributed by atoms with E-state index in [2.05, 4.69) is 0 Å². The highest BCUT2D eigenvalue weighted by Gasteiger charge is 2.30. The van der Waals surface area contributed by atoms with Gasteiger partial charge in [-0.3, -0.25) is 0 Å². The fourth-order valence-electron chi connectivity index (χ4n) is 1.41. The van der Waals surface area contributed by atoms with Gasteiger partial charge in [-0.05, 0) is 0 Å². The van der Waals surface area contributed by atoms with E-state index in [1.165, 1.54) is 0 Å². The van der Waals surface area contributed by atoms with Gasteiger partial charge in [0.15, 0.2) is 0 Å². The predicted octanol–water partition coefficient (Wildman–Crippen LogP) is -0.875. The van der Waals surface area contributed by atoms with E-state index in [4.69, 9.17) is 9.84 Å². The van der Waals surface area contributed by atoms with Crippen LogP contribution in [0.1, 0.15) is 13.3 Å². The van der Waals surface area contributed by atoms with E-state index in [1.54, 1.807) is 0 Å². The molecule has 0 bridgehead atoms. The molecule has 1 aliphatic rings. The number of hydrogen-bond acceptors (Lipinski definition) is 4. The molecule has 0 radical (unpaired) electrons. The Hall–Kier alpha value is -0.160. The van der Waals surface area contributed by atoms with Crippen molar-refractivity contribution < 1.29 is 20.1 Å². The zero-order valence-electron chi connectivity index (χ0n) is 7.18. The summed E-state index contributed by atoms with van der Waals surface area (Å²) < 4.78 is 5.19. The first-order valence-electron chi connectivity index (χ1n) is 4.23. The van der Waals surface area contributed by atoms with Gasteiger partial charge in [-0.15, -0.1) is 0 Å². The Labute approximate surface area is 71.8 Å². The molecule has 4 atom stereocenters. The summed E-state index contributed by atoms with van der Waals surface area (Å²) in [5, 5.41) is 27.6. The van der Waals surface area contributed by atoms with Crippen LogP contribution in [0, 0.1) is 5.92 Å². The fraction of sp³-hybridized carbons (Fsp3) is 1.00. The SMILES string of the molecule is C[C@H]1C(O)CC(O)COC1CO. The summed E-state index contributed by atoms with van der Waals surface area (Å²) >= 11 is 0. The summed E-state index contributed by atoms with van der Waals surface area (Å²) in [5.74, 6) is -0.118. The molecule has 1 saturated heterocycles. The first-order chi connectivity index (χ1) is 5.65. The zero-order chi connectivity index (χ0) is 9.14. The van der Waals surface area contributed by atoms with Gasteiger partial charge >= 0.3 is 0 Å². The van der Waals surface area contributed by atoms with Crippen molar-refractivity contribution >= 4 is 0 Å². The third-order valence-electron chi connectivity index (χ3n) is 2.39. The highest BCUT2D eigenvalue weighted by Crippen LogP contribution is 2.20. The minimum absolute atomic E-state index is 0.106. The molecule has 0 aromatic carbocycles. The van der Waals surface area contributed by atoms with Crippen LogP contribution < -0.4 is 0 Å². The van der Waals surface area contributed by atoms with Crippen molar-refractivity contribution in [2.24, 2.45) is 5.92 Å². The first kappa shape index (κ1) is 9.92. The Bertz CT molecular complexity index is 139. The number of hydrogen-bond donors (Lipinski definition) is 3. The van der Waals surface area contributed by atoms with E-state index in [0.717, 1.165) is 0 Å². The second kappa shape index (κ2) is 4.18. The third-order valence-corrected chi connectivity index (χ3v) is 2.39. The van der Waals surface area contributed by atoms with Gasteiger partial charge < -0.3 is 20.1 Å². The van der Waals surface area contributed by atoms with Gasteiger partial charge in [0.25, 0.3) is 0 Å². The van der Waals surface area contributed by atoms with Crippen molar-refractivity contribution in [2.45, 2.75) is 31.7 Å². The Morgan fingerprint density at radius 3 is 2.67 bits per heavy atom. The van der Waals surface area contributed by atoms with Crippen molar-refractivity contribution in [3.8, 4) is 0 Å². The van der Waals surface area contributed by atoms with Gasteiger partial charge in [-0.25, -0.2) is 0 Å². The predicted molar refractivity (Wildman–Crippen MR) is 42.6 cm³/mol. The molecular weight excluding hydrogens is 160 g/mol. The van der Waals surface area contributed by atoms with Crippen LogP contribution in [0.5, 0.6) is 0 Å².